The van der Waals surface area contributed by atoms with Crippen LogP contribution in [0.3, 0.4) is 0 Å². The molecular weight excluding hydrogens is 349 g/mol. The molecule has 0 spiro atoms. The highest BCUT2D eigenvalue weighted by atomic mass is 127. The number of esters is 1. The summed E-state index contributed by atoms with van der Waals surface area (Å²) in [6.45, 7) is 0. The first-order chi connectivity index (χ1) is 8.13. The summed E-state index contributed by atoms with van der Waals surface area (Å²) in [5.74, 6) is -0.385. The third kappa shape index (κ3) is 2.44. The molecule has 0 fully saturated rings. The zero-order valence-corrected chi connectivity index (χ0v) is 12.0. The van der Waals surface area contributed by atoms with Gasteiger partial charge in [-0.25, -0.2) is 4.79 Å². The zero-order valence-electron chi connectivity index (χ0n) is 9.07. The van der Waals surface area contributed by atoms with Gasteiger partial charge >= 0.3 is 5.97 Å². The average molecular weight is 359 g/mol. The van der Waals surface area contributed by atoms with Crippen LogP contribution < -0.4 is 5.73 Å². The van der Waals surface area contributed by atoms with E-state index in [-0.39, 0.29) is 5.97 Å². The van der Waals surface area contributed by atoms with E-state index < -0.39 is 0 Å². The lowest BCUT2D eigenvalue weighted by Crippen LogP contribution is -2.00. The molecule has 0 saturated carbocycles. The lowest BCUT2D eigenvalue weighted by atomic mass is 10.2. The Bertz CT molecular complexity index is 565. The summed E-state index contributed by atoms with van der Waals surface area (Å²) in [7, 11) is 1.35. The molecule has 0 radical (unpaired) electrons. The van der Waals surface area contributed by atoms with Gasteiger partial charge in [0.2, 0.25) is 0 Å². The summed E-state index contributed by atoms with van der Waals surface area (Å²) in [6, 6.07) is 9.78. The lowest BCUT2D eigenvalue weighted by Gasteiger charge is -1.99. The molecule has 2 N–H and O–H groups in total. The predicted octanol–water partition coefficient (Wildman–Crippen LogP) is 3.39. The molecule has 0 bridgehead atoms. The molecule has 1 heterocycles. The van der Waals surface area contributed by atoms with Crippen molar-refractivity contribution in [2.75, 3.05) is 12.8 Å². The number of rotatable bonds is 2. The molecule has 5 heteroatoms. The fourth-order valence-corrected chi connectivity index (χ4v) is 3.35. The number of methoxy groups -OCH3 is 1. The van der Waals surface area contributed by atoms with Crippen molar-refractivity contribution in [3.63, 3.8) is 0 Å². The van der Waals surface area contributed by atoms with E-state index in [2.05, 4.69) is 27.3 Å². The minimum atomic E-state index is -0.385. The highest BCUT2D eigenvalue weighted by Gasteiger charge is 2.16. The molecule has 0 saturated heterocycles. The number of carbonyl (C=O) groups is 1. The van der Waals surface area contributed by atoms with Crippen LogP contribution in [0.15, 0.2) is 30.3 Å². The second kappa shape index (κ2) is 5.05. The van der Waals surface area contributed by atoms with Crippen molar-refractivity contribution in [3.8, 4) is 10.4 Å². The van der Waals surface area contributed by atoms with Crippen LogP contribution in [0.5, 0.6) is 0 Å². The van der Waals surface area contributed by atoms with E-state index in [0.29, 0.717) is 10.6 Å². The number of thiophene rings is 1. The smallest absolute Gasteiger partial charge is 0.350 e. The van der Waals surface area contributed by atoms with Gasteiger partial charge < -0.3 is 10.5 Å². The minimum absolute atomic E-state index is 0.385. The van der Waals surface area contributed by atoms with Gasteiger partial charge in [0.15, 0.2) is 0 Å². The molecule has 3 nitrogen and oxygen atoms in total. The Labute approximate surface area is 117 Å². The van der Waals surface area contributed by atoms with E-state index in [1.165, 1.54) is 18.4 Å². The fourth-order valence-electron chi connectivity index (χ4n) is 1.45. The van der Waals surface area contributed by atoms with Gasteiger partial charge in [0.1, 0.15) is 4.88 Å². The first-order valence-electron chi connectivity index (χ1n) is 4.86. The van der Waals surface area contributed by atoms with Crippen LogP contribution in [0, 0.1) is 3.57 Å². The standard InChI is InChI=1S/C12H10INO2S/c1-16-12(15)11-9(14)6-10(17-11)7-4-2-3-5-8(7)13/h2-6H,14H2,1H3. The van der Waals surface area contributed by atoms with Crippen LogP contribution in [0.2, 0.25) is 0 Å². The first kappa shape index (κ1) is 12.4. The van der Waals surface area contributed by atoms with Gasteiger partial charge in [0, 0.05) is 14.0 Å². The highest BCUT2D eigenvalue weighted by Crippen LogP contribution is 2.35. The van der Waals surface area contributed by atoms with Crippen molar-refractivity contribution < 1.29 is 9.53 Å². The molecule has 0 atom stereocenters. The second-order valence-corrected chi connectivity index (χ2v) is 5.58. The first-order valence-corrected chi connectivity index (χ1v) is 6.75. The van der Waals surface area contributed by atoms with Crippen molar-refractivity contribution in [1.82, 2.24) is 0 Å². The van der Waals surface area contributed by atoms with Crippen LogP contribution >= 0.6 is 33.9 Å². The van der Waals surface area contributed by atoms with E-state index in [9.17, 15) is 4.79 Å². The third-order valence-electron chi connectivity index (χ3n) is 2.27. The molecule has 2 rings (SSSR count). The monoisotopic (exact) mass is 359 g/mol. The Kier molecular flexibility index (Phi) is 3.68. The summed E-state index contributed by atoms with van der Waals surface area (Å²) >= 11 is 3.62. The number of nitrogen functional groups attached to an aromatic ring is 1. The maximum absolute atomic E-state index is 11.5. The fraction of sp³-hybridized carbons (Fsp3) is 0.0833. The van der Waals surface area contributed by atoms with Crippen LogP contribution in [-0.2, 0) is 4.74 Å². The molecule has 0 aliphatic carbocycles. The summed E-state index contributed by atoms with van der Waals surface area (Å²) in [5.41, 5.74) is 7.36. The van der Waals surface area contributed by atoms with Crippen LogP contribution in [0.1, 0.15) is 9.67 Å². The van der Waals surface area contributed by atoms with Crippen molar-refractivity contribution in [2.45, 2.75) is 0 Å². The normalized spacial score (nSPS) is 10.2. The molecule has 17 heavy (non-hydrogen) atoms. The molecular formula is C12H10INO2S. The van der Waals surface area contributed by atoms with Crippen molar-refractivity contribution >= 4 is 45.6 Å². The molecule has 0 amide bonds. The Balaban J connectivity index is 2.49. The largest absolute Gasteiger partial charge is 0.465 e. The number of benzene rings is 1. The summed E-state index contributed by atoms with van der Waals surface area (Å²) in [5, 5.41) is 0. The maximum atomic E-state index is 11.5. The number of hydrogen-bond donors (Lipinski definition) is 1. The van der Waals surface area contributed by atoms with E-state index >= 15 is 0 Å². The summed E-state index contributed by atoms with van der Waals surface area (Å²) in [4.78, 5) is 12.9. The predicted molar refractivity (Wildman–Crippen MR) is 78.2 cm³/mol. The molecule has 1 aromatic heterocycles. The lowest BCUT2D eigenvalue weighted by molar-refractivity contribution is 0.0607. The van der Waals surface area contributed by atoms with E-state index in [1.54, 1.807) is 0 Å². The zero-order chi connectivity index (χ0) is 12.4. The Morgan fingerprint density at radius 3 is 2.76 bits per heavy atom. The molecule has 0 aliphatic heterocycles. The number of hydrogen-bond acceptors (Lipinski definition) is 4. The average Bonchev–Trinajstić information content (AvgIpc) is 2.71. The maximum Gasteiger partial charge on any atom is 0.350 e. The van der Waals surface area contributed by atoms with E-state index in [0.717, 1.165) is 14.0 Å². The molecule has 88 valence electrons. The van der Waals surface area contributed by atoms with E-state index in [1.807, 2.05) is 30.3 Å². The second-order valence-electron chi connectivity index (χ2n) is 3.37. The molecule has 1 aromatic carbocycles. The number of nitrogens with two attached hydrogens (primary N) is 1. The third-order valence-corrected chi connectivity index (χ3v) is 4.38. The van der Waals surface area contributed by atoms with Crippen LogP contribution in [-0.4, -0.2) is 13.1 Å². The van der Waals surface area contributed by atoms with Crippen molar-refractivity contribution in [2.24, 2.45) is 0 Å². The van der Waals surface area contributed by atoms with Crippen molar-refractivity contribution in [3.05, 3.63) is 38.8 Å². The number of anilines is 1. The number of ether oxygens (including phenoxy) is 1. The van der Waals surface area contributed by atoms with Crippen LogP contribution in [0.4, 0.5) is 5.69 Å². The number of halogens is 1. The molecule has 0 unspecified atom stereocenters. The van der Waals surface area contributed by atoms with Crippen LogP contribution in [0.25, 0.3) is 10.4 Å². The van der Waals surface area contributed by atoms with Gasteiger partial charge in [-0.15, -0.1) is 11.3 Å². The summed E-state index contributed by atoms with van der Waals surface area (Å²) < 4.78 is 5.81. The van der Waals surface area contributed by atoms with Crippen molar-refractivity contribution in [1.29, 1.82) is 0 Å². The quantitative estimate of drug-likeness (QED) is 0.661. The molecule has 2 aromatic rings. The molecule has 0 aliphatic rings. The SMILES string of the molecule is COC(=O)c1sc(-c2ccccc2I)cc1N. The highest BCUT2D eigenvalue weighted by molar-refractivity contribution is 14.1. The van der Waals surface area contributed by atoms with Gasteiger partial charge in [-0.05, 0) is 34.7 Å². The van der Waals surface area contributed by atoms with Gasteiger partial charge in [0.05, 0.1) is 12.8 Å². The minimum Gasteiger partial charge on any atom is -0.465 e. The summed E-state index contributed by atoms with van der Waals surface area (Å²) in [6.07, 6.45) is 0. The Hall–Kier alpha value is -1.08. The number of carbonyl (C=O) groups excluding carboxylic acids is 1. The van der Waals surface area contributed by atoms with Gasteiger partial charge in [0.25, 0.3) is 0 Å². The Morgan fingerprint density at radius 1 is 1.41 bits per heavy atom. The van der Waals surface area contributed by atoms with Gasteiger partial charge in [-0.2, -0.15) is 0 Å². The van der Waals surface area contributed by atoms with E-state index in [4.69, 9.17) is 5.73 Å². The van der Waals surface area contributed by atoms with Gasteiger partial charge in [-0.1, -0.05) is 18.2 Å². The topological polar surface area (TPSA) is 52.3 Å². The Morgan fingerprint density at radius 2 is 2.12 bits per heavy atom. The van der Waals surface area contributed by atoms with Gasteiger partial charge in [-0.3, -0.25) is 0 Å².